The van der Waals surface area contributed by atoms with Crippen molar-refractivity contribution in [2.75, 3.05) is 12.4 Å². The molecule has 0 spiro atoms. The van der Waals surface area contributed by atoms with Gasteiger partial charge in [0, 0.05) is 11.6 Å². The number of sulfonamides is 1. The van der Waals surface area contributed by atoms with Gasteiger partial charge in [-0.15, -0.1) is 0 Å². The van der Waals surface area contributed by atoms with Crippen molar-refractivity contribution >= 4 is 21.6 Å². The first-order chi connectivity index (χ1) is 8.97. The van der Waals surface area contributed by atoms with Crippen molar-refractivity contribution in [1.29, 1.82) is 0 Å². The Morgan fingerprint density at radius 2 is 1.68 bits per heavy atom. The van der Waals surface area contributed by atoms with Gasteiger partial charge in [0.05, 0.1) is 12.4 Å². The normalized spacial score (nSPS) is 11.7. The third-order valence-corrected chi connectivity index (χ3v) is 3.76. The fourth-order valence-corrected chi connectivity index (χ4v) is 2.36. The summed E-state index contributed by atoms with van der Waals surface area (Å²) in [5, 5.41) is 5.63. The highest BCUT2D eigenvalue weighted by Gasteiger charge is 2.01. The van der Waals surface area contributed by atoms with E-state index in [0.29, 0.717) is 19.6 Å². The lowest BCUT2D eigenvalue weighted by Gasteiger charge is -2.04. The van der Waals surface area contributed by atoms with Crippen molar-refractivity contribution in [3.63, 3.8) is 0 Å². The monoisotopic (exact) mass is 305 g/mol. The highest BCUT2D eigenvalue weighted by molar-refractivity contribution is 7.89. The van der Waals surface area contributed by atoms with E-state index in [9.17, 15) is 8.42 Å². The summed E-state index contributed by atoms with van der Waals surface area (Å²) in [6, 6.07) is 7.56. The van der Waals surface area contributed by atoms with Gasteiger partial charge in [-0.2, -0.15) is 0 Å². The highest BCUT2D eigenvalue weighted by Crippen LogP contribution is 2.10. The molecular formula is C13H20ClNO3S. The molecule has 1 aromatic rings. The lowest BCUT2D eigenvalue weighted by atomic mass is 10.2. The van der Waals surface area contributed by atoms with Crippen molar-refractivity contribution in [3.8, 4) is 0 Å². The second-order valence-corrected chi connectivity index (χ2v) is 6.63. The zero-order chi connectivity index (χ0) is 14.1. The van der Waals surface area contributed by atoms with Crippen LogP contribution in [0, 0.1) is 0 Å². The summed E-state index contributed by atoms with van der Waals surface area (Å²) >= 11 is 5.78. The Bertz CT molecular complexity index is 459. The summed E-state index contributed by atoms with van der Waals surface area (Å²) in [6.07, 6.45) is 3.37. The molecule has 0 radical (unpaired) electrons. The van der Waals surface area contributed by atoms with Gasteiger partial charge in [0.1, 0.15) is 0 Å². The number of halogens is 1. The summed E-state index contributed by atoms with van der Waals surface area (Å²) in [4.78, 5) is 0. The van der Waals surface area contributed by atoms with Crippen LogP contribution in [0.2, 0.25) is 5.02 Å². The van der Waals surface area contributed by atoms with E-state index in [1.54, 1.807) is 0 Å². The predicted octanol–water partition coefficient (Wildman–Crippen LogP) is 2.71. The largest absolute Gasteiger partial charge is 0.377 e. The molecule has 0 aromatic heterocycles. The molecule has 0 aliphatic heterocycles. The van der Waals surface area contributed by atoms with Gasteiger partial charge in [0.25, 0.3) is 0 Å². The van der Waals surface area contributed by atoms with E-state index < -0.39 is 10.0 Å². The average molecular weight is 306 g/mol. The maximum absolute atomic E-state index is 10.7. The molecule has 0 saturated heterocycles. The maximum Gasteiger partial charge on any atom is 0.209 e. The van der Waals surface area contributed by atoms with Crippen molar-refractivity contribution in [1.82, 2.24) is 0 Å². The summed E-state index contributed by atoms with van der Waals surface area (Å²) < 4.78 is 26.9. The van der Waals surface area contributed by atoms with Gasteiger partial charge >= 0.3 is 0 Å². The van der Waals surface area contributed by atoms with Crippen LogP contribution in [0.5, 0.6) is 0 Å². The van der Waals surface area contributed by atoms with Crippen LogP contribution in [0.25, 0.3) is 0 Å². The van der Waals surface area contributed by atoms with Crippen LogP contribution < -0.4 is 5.14 Å². The molecule has 0 aliphatic carbocycles. The molecule has 0 heterocycles. The van der Waals surface area contributed by atoms with Crippen LogP contribution in [0.4, 0.5) is 0 Å². The Morgan fingerprint density at radius 1 is 1.05 bits per heavy atom. The lowest BCUT2D eigenvalue weighted by molar-refractivity contribution is 0.117. The molecule has 4 nitrogen and oxygen atoms in total. The minimum absolute atomic E-state index is 0.0681. The van der Waals surface area contributed by atoms with Gasteiger partial charge in [-0.25, -0.2) is 13.6 Å². The average Bonchev–Trinajstić information content (AvgIpc) is 2.33. The lowest BCUT2D eigenvalue weighted by Crippen LogP contribution is -2.16. The summed E-state index contributed by atoms with van der Waals surface area (Å²) in [5.41, 5.74) is 1.10. The first-order valence-corrected chi connectivity index (χ1v) is 8.39. The van der Waals surface area contributed by atoms with Gasteiger partial charge in [-0.3, -0.25) is 0 Å². The quantitative estimate of drug-likeness (QED) is 0.713. The number of unbranched alkanes of at least 4 members (excludes halogenated alkanes) is 3. The Hall–Kier alpha value is -0.620. The number of benzene rings is 1. The third kappa shape index (κ3) is 8.99. The van der Waals surface area contributed by atoms with Crippen molar-refractivity contribution in [3.05, 3.63) is 34.9 Å². The molecule has 1 aromatic carbocycles. The molecule has 0 amide bonds. The fourth-order valence-electron chi connectivity index (χ4n) is 1.63. The summed E-state index contributed by atoms with van der Waals surface area (Å²) in [5.74, 6) is 0.0681. The first-order valence-electron chi connectivity index (χ1n) is 6.30. The third-order valence-electron chi connectivity index (χ3n) is 2.65. The van der Waals surface area contributed by atoms with E-state index in [-0.39, 0.29) is 5.75 Å². The second kappa shape index (κ2) is 8.53. The first kappa shape index (κ1) is 16.4. The highest BCUT2D eigenvalue weighted by atomic mass is 35.5. The van der Waals surface area contributed by atoms with Crippen LogP contribution in [0.1, 0.15) is 31.2 Å². The predicted molar refractivity (Wildman–Crippen MR) is 77.6 cm³/mol. The number of nitrogens with two attached hydrogens (primary N) is 1. The zero-order valence-electron chi connectivity index (χ0n) is 10.8. The van der Waals surface area contributed by atoms with Crippen molar-refractivity contribution < 1.29 is 13.2 Å². The van der Waals surface area contributed by atoms with Crippen LogP contribution in [0.3, 0.4) is 0 Å². The van der Waals surface area contributed by atoms with E-state index in [2.05, 4.69) is 0 Å². The van der Waals surface area contributed by atoms with Gasteiger partial charge < -0.3 is 4.74 Å². The van der Waals surface area contributed by atoms with E-state index in [0.717, 1.165) is 29.8 Å². The maximum atomic E-state index is 10.7. The fraction of sp³-hybridized carbons (Fsp3) is 0.538. The smallest absolute Gasteiger partial charge is 0.209 e. The molecular weight excluding hydrogens is 286 g/mol. The van der Waals surface area contributed by atoms with Gasteiger partial charge in [0.2, 0.25) is 10.0 Å². The van der Waals surface area contributed by atoms with Crippen LogP contribution in [0.15, 0.2) is 24.3 Å². The molecule has 0 saturated carbocycles. The number of rotatable bonds is 9. The molecule has 0 bridgehead atoms. The summed E-state index contributed by atoms with van der Waals surface area (Å²) in [6.45, 7) is 1.26. The van der Waals surface area contributed by atoms with E-state index in [4.69, 9.17) is 21.5 Å². The number of ether oxygens (including phenoxy) is 1. The topological polar surface area (TPSA) is 69.4 Å². The second-order valence-electron chi connectivity index (χ2n) is 4.46. The molecule has 108 valence electrons. The molecule has 0 unspecified atom stereocenters. The molecule has 6 heteroatoms. The number of hydrogen-bond donors (Lipinski definition) is 1. The molecule has 1 rings (SSSR count). The molecule has 0 fully saturated rings. The molecule has 0 aliphatic rings. The Kier molecular flexibility index (Phi) is 7.38. The van der Waals surface area contributed by atoms with E-state index >= 15 is 0 Å². The summed E-state index contributed by atoms with van der Waals surface area (Å²) in [7, 11) is -3.30. The molecule has 0 atom stereocenters. The Balaban J connectivity index is 1.98. The minimum Gasteiger partial charge on any atom is -0.377 e. The van der Waals surface area contributed by atoms with Gasteiger partial charge in [0.15, 0.2) is 0 Å². The Labute approximate surface area is 120 Å². The SMILES string of the molecule is NS(=O)(=O)CCCCCCOCc1ccc(Cl)cc1. The van der Waals surface area contributed by atoms with Crippen LogP contribution in [-0.2, 0) is 21.4 Å². The van der Waals surface area contributed by atoms with E-state index in [1.807, 2.05) is 24.3 Å². The van der Waals surface area contributed by atoms with Crippen LogP contribution >= 0.6 is 11.6 Å². The van der Waals surface area contributed by atoms with Crippen LogP contribution in [-0.4, -0.2) is 20.8 Å². The number of hydrogen-bond acceptors (Lipinski definition) is 3. The Morgan fingerprint density at radius 3 is 2.32 bits per heavy atom. The van der Waals surface area contributed by atoms with Gasteiger partial charge in [-0.1, -0.05) is 36.6 Å². The standard InChI is InChI=1S/C13H20ClNO3S/c14-13-7-5-12(6-8-13)11-18-9-3-1-2-4-10-19(15,16)17/h5-8H,1-4,9-11H2,(H2,15,16,17). The van der Waals surface area contributed by atoms with E-state index in [1.165, 1.54) is 0 Å². The zero-order valence-corrected chi connectivity index (χ0v) is 12.4. The molecule has 19 heavy (non-hydrogen) atoms. The minimum atomic E-state index is -3.30. The van der Waals surface area contributed by atoms with Crippen molar-refractivity contribution in [2.45, 2.75) is 32.3 Å². The molecule has 2 N–H and O–H groups in total. The van der Waals surface area contributed by atoms with Gasteiger partial charge in [-0.05, 0) is 30.5 Å². The van der Waals surface area contributed by atoms with Crippen molar-refractivity contribution in [2.24, 2.45) is 5.14 Å². The number of primary sulfonamides is 1.